The van der Waals surface area contributed by atoms with Gasteiger partial charge in [0.15, 0.2) is 0 Å². The second kappa shape index (κ2) is 8.68. The molecular weight excluding hydrogens is 310 g/mol. The van der Waals surface area contributed by atoms with E-state index in [1.54, 1.807) is 17.0 Å². The highest BCUT2D eigenvalue weighted by Gasteiger charge is 2.24. The first-order valence-corrected chi connectivity index (χ1v) is 8.37. The van der Waals surface area contributed by atoms with Gasteiger partial charge in [-0.25, -0.2) is 0 Å². The number of benzene rings is 1. The van der Waals surface area contributed by atoms with Crippen molar-refractivity contribution in [1.82, 2.24) is 4.90 Å². The van der Waals surface area contributed by atoms with Gasteiger partial charge in [-0.2, -0.15) is 0 Å². The third kappa shape index (κ3) is 4.96. The van der Waals surface area contributed by atoms with E-state index in [0.29, 0.717) is 31.1 Å². The van der Waals surface area contributed by atoms with Crippen molar-refractivity contribution < 1.29 is 24.2 Å². The predicted octanol–water partition coefficient (Wildman–Crippen LogP) is 2.49. The molecule has 1 N–H and O–H groups in total. The number of carboxylic acids is 1. The molecule has 1 fully saturated rings. The fourth-order valence-electron chi connectivity index (χ4n) is 2.77. The van der Waals surface area contributed by atoms with Gasteiger partial charge in [0.05, 0.1) is 19.1 Å². The lowest BCUT2D eigenvalue weighted by atomic mass is 10.1. The molecule has 6 heteroatoms. The normalized spacial score (nSPS) is 16.8. The third-order valence-corrected chi connectivity index (χ3v) is 4.07. The maximum Gasteiger partial charge on any atom is 0.305 e. The zero-order valence-electron chi connectivity index (χ0n) is 14.3. The van der Waals surface area contributed by atoms with Crippen LogP contribution in [0.15, 0.2) is 18.2 Å². The fourth-order valence-corrected chi connectivity index (χ4v) is 2.77. The molecule has 1 aromatic carbocycles. The molecule has 1 aliphatic rings. The zero-order valence-corrected chi connectivity index (χ0v) is 14.3. The average Bonchev–Trinajstić information content (AvgIpc) is 3.06. The quantitative estimate of drug-likeness (QED) is 0.790. The van der Waals surface area contributed by atoms with Crippen molar-refractivity contribution in [1.29, 1.82) is 0 Å². The van der Waals surface area contributed by atoms with E-state index in [4.69, 9.17) is 14.6 Å². The molecule has 1 aromatic rings. The van der Waals surface area contributed by atoms with E-state index in [1.165, 1.54) is 0 Å². The Morgan fingerprint density at radius 2 is 2.21 bits per heavy atom. The van der Waals surface area contributed by atoms with Gasteiger partial charge < -0.3 is 19.5 Å². The summed E-state index contributed by atoms with van der Waals surface area (Å²) < 4.78 is 11.1. The number of ether oxygens (including phenoxy) is 2. The van der Waals surface area contributed by atoms with E-state index < -0.39 is 5.97 Å². The molecule has 0 radical (unpaired) electrons. The highest BCUT2D eigenvalue weighted by molar-refractivity contribution is 5.95. The second-order valence-corrected chi connectivity index (χ2v) is 5.94. The first kappa shape index (κ1) is 18.3. The van der Waals surface area contributed by atoms with Crippen LogP contribution in [0.25, 0.3) is 0 Å². The number of amides is 1. The Labute approximate surface area is 142 Å². The van der Waals surface area contributed by atoms with Crippen molar-refractivity contribution in [3.63, 3.8) is 0 Å². The molecule has 1 amide bonds. The molecule has 6 nitrogen and oxygen atoms in total. The van der Waals surface area contributed by atoms with Gasteiger partial charge in [0, 0.05) is 25.3 Å². The Hall–Kier alpha value is -2.08. The number of aliphatic carboxylic acids is 1. The molecule has 132 valence electrons. The zero-order chi connectivity index (χ0) is 17.5. The molecular formula is C18H25NO5. The standard InChI is InChI=1S/C18H25NO5/c1-3-23-16-11-14(7-6-13(16)2)18(22)19(9-8-17(20)21)12-15-5-4-10-24-15/h6-7,11,15H,3-5,8-10,12H2,1-2H3,(H,20,21)/t15-/m0/s1. The molecule has 0 unspecified atom stereocenters. The van der Waals surface area contributed by atoms with Gasteiger partial charge in [0.25, 0.3) is 5.91 Å². The number of aryl methyl sites for hydroxylation is 1. The minimum atomic E-state index is -0.918. The van der Waals surface area contributed by atoms with Crippen LogP contribution in [0.3, 0.4) is 0 Å². The summed E-state index contributed by atoms with van der Waals surface area (Å²) in [7, 11) is 0. The summed E-state index contributed by atoms with van der Waals surface area (Å²) in [6.07, 6.45) is 1.78. The maximum atomic E-state index is 12.8. The van der Waals surface area contributed by atoms with E-state index in [9.17, 15) is 9.59 Å². The summed E-state index contributed by atoms with van der Waals surface area (Å²) in [4.78, 5) is 25.3. The molecule has 0 aromatic heterocycles. The number of carbonyl (C=O) groups is 2. The van der Waals surface area contributed by atoms with E-state index in [0.717, 1.165) is 18.4 Å². The smallest absolute Gasteiger partial charge is 0.305 e. The van der Waals surface area contributed by atoms with Crippen LogP contribution in [0.1, 0.15) is 42.1 Å². The van der Waals surface area contributed by atoms with Crippen LogP contribution in [-0.4, -0.2) is 54.3 Å². The van der Waals surface area contributed by atoms with Crippen LogP contribution in [-0.2, 0) is 9.53 Å². The van der Waals surface area contributed by atoms with E-state index >= 15 is 0 Å². The first-order valence-electron chi connectivity index (χ1n) is 8.37. The summed E-state index contributed by atoms with van der Waals surface area (Å²) in [6.45, 7) is 5.63. The third-order valence-electron chi connectivity index (χ3n) is 4.07. The number of carbonyl (C=O) groups excluding carboxylic acids is 1. The SMILES string of the molecule is CCOc1cc(C(=O)N(CCC(=O)O)C[C@@H]2CCCO2)ccc1C. The highest BCUT2D eigenvalue weighted by atomic mass is 16.5. The van der Waals surface area contributed by atoms with E-state index in [1.807, 2.05) is 19.9 Å². The molecule has 0 aliphatic carbocycles. The van der Waals surface area contributed by atoms with Gasteiger partial charge in [-0.15, -0.1) is 0 Å². The van der Waals surface area contributed by atoms with E-state index in [2.05, 4.69) is 0 Å². The number of nitrogens with zero attached hydrogens (tertiary/aromatic N) is 1. The second-order valence-electron chi connectivity index (χ2n) is 5.94. The monoisotopic (exact) mass is 335 g/mol. The Bertz CT molecular complexity index is 581. The van der Waals surface area contributed by atoms with Crippen molar-refractivity contribution in [3.8, 4) is 5.75 Å². The maximum absolute atomic E-state index is 12.8. The lowest BCUT2D eigenvalue weighted by Gasteiger charge is -2.25. The van der Waals surface area contributed by atoms with Gasteiger partial charge in [0.2, 0.25) is 0 Å². The van der Waals surface area contributed by atoms with E-state index in [-0.39, 0.29) is 25.0 Å². The summed E-state index contributed by atoms with van der Waals surface area (Å²) in [5.41, 5.74) is 1.47. The molecule has 0 saturated carbocycles. The fraction of sp³-hybridized carbons (Fsp3) is 0.556. The summed E-state index contributed by atoms with van der Waals surface area (Å²) in [5.74, 6) is -0.426. The van der Waals surface area contributed by atoms with Gasteiger partial charge in [-0.05, 0) is 44.4 Å². The number of rotatable bonds is 8. The lowest BCUT2D eigenvalue weighted by Crippen LogP contribution is -2.38. The predicted molar refractivity (Wildman–Crippen MR) is 89.5 cm³/mol. The van der Waals surface area contributed by atoms with Gasteiger partial charge in [0.1, 0.15) is 5.75 Å². The van der Waals surface area contributed by atoms with Crippen LogP contribution >= 0.6 is 0 Å². The summed E-state index contributed by atoms with van der Waals surface area (Å²) in [5, 5.41) is 8.94. The molecule has 2 rings (SSSR count). The van der Waals surface area contributed by atoms with Crippen LogP contribution in [0, 0.1) is 6.92 Å². The number of hydrogen-bond donors (Lipinski definition) is 1. The van der Waals surface area contributed by atoms with Crippen molar-refractivity contribution in [2.45, 2.75) is 39.2 Å². The average molecular weight is 335 g/mol. The Kier molecular flexibility index (Phi) is 6.61. The van der Waals surface area contributed by atoms with Crippen molar-refractivity contribution in [3.05, 3.63) is 29.3 Å². The Morgan fingerprint density at radius 1 is 1.42 bits per heavy atom. The number of hydrogen-bond acceptors (Lipinski definition) is 4. The van der Waals surface area contributed by atoms with Crippen LogP contribution < -0.4 is 4.74 Å². The van der Waals surface area contributed by atoms with Crippen LogP contribution in [0.4, 0.5) is 0 Å². The molecule has 1 saturated heterocycles. The molecule has 0 spiro atoms. The molecule has 1 aliphatic heterocycles. The van der Waals surface area contributed by atoms with Gasteiger partial charge in [-0.1, -0.05) is 6.07 Å². The molecule has 1 atom stereocenters. The van der Waals surface area contributed by atoms with Crippen molar-refractivity contribution >= 4 is 11.9 Å². The largest absolute Gasteiger partial charge is 0.494 e. The highest BCUT2D eigenvalue weighted by Crippen LogP contribution is 2.22. The summed E-state index contributed by atoms with van der Waals surface area (Å²) in [6, 6.07) is 5.33. The first-order chi connectivity index (χ1) is 11.5. The molecule has 24 heavy (non-hydrogen) atoms. The Morgan fingerprint density at radius 3 is 2.83 bits per heavy atom. The van der Waals surface area contributed by atoms with Crippen LogP contribution in [0.2, 0.25) is 0 Å². The molecule has 0 bridgehead atoms. The molecule has 1 heterocycles. The number of carboxylic acid groups (broad SMARTS) is 1. The minimum Gasteiger partial charge on any atom is -0.494 e. The lowest BCUT2D eigenvalue weighted by molar-refractivity contribution is -0.137. The van der Waals surface area contributed by atoms with Crippen molar-refractivity contribution in [2.24, 2.45) is 0 Å². The Balaban J connectivity index is 2.15. The topological polar surface area (TPSA) is 76.1 Å². The van der Waals surface area contributed by atoms with Gasteiger partial charge >= 0.3 is 5.97 Å². The minimum absolute atomic E-state index is 0.0143. The summed E-state index contributed by atoms with van der Waals surface area (Å²) >= 11 is 0. The van der Waals surface area contributed by atoms with Gasteiger partial charge in [-0.3, -0.25) is 9.59 Å². The van der Waals surface area contributed by atoms with Crippen molar-refractivity contribution in [2.75, 3.05) is 26.3 Å². The van der Waals surface area contributed by atoms with Crippen LogP contribution in [0.5, 0.6) is 5.75 Å².